The largest absolute Gasteiger partial charge is 0.341 e. The van der Waals surface area contributed by atoms with Gasteiger partial charge in [0.1, 0.15) is 6.04 Å². The first-order valence-electron chi connectivity index (χ1n) is 12.1. The summed E-state index contributed by atoms with van der Waals surface area (Å²) in [5, 5.41) is 3.41. The van der Waals surface area contributed by atoms with E-state index in [4.69, 9.17) is 11.6 Å². The maximum absolute atomic E-state index is 14.0. The van der Waals surface area contributed by atoms with Crippen molar-refractivity contribution in [1.82, 2.24) is 20.0 Å². The van der Waals surface area contributed by atoms with Gasteiger partial charge >= 0.3 is 6.03 Å². The molecule has 4 amide bonds. The van der Waals surface area contributed by atoms with Crippen molar-refractivity contribution in [2.24, 2.45) is 0 Å². The molecule has 0 radical (unpaired) electrons. The number of likely N-dealkylation sites (tertiary alicyclic amines) is 1. The molecule has 2 aromatic carbocycles. The number of urea groups is 1. The molecule has 0 unspecified atom stereocenters. The fourth-order valence-electron chi connectivity index (χ4n) is 5.28. The molecule has 1 N–H and O–H groups in total. The fraction of sp³-hybridized carbons (Fsp3) is 0.370. The molecule has 0 spiro atoms. The van der Waals surface area contributed by atoms with Gasteiger partial charge in [-0.25, -0.2) is 4.79 Å². The molecule has 0 aliphatic carbocycles. The Morgan fingerprint density at radius 1 is 1.03 bits per heavy atom. The number of carbonyl (C=O) groups is 3. The number of benzene rings is 2. The van der Waals surface area contributed by atoms with E-state index >= 15 is 0 Å². The van der Waals surface area contributed by atoms with E-state index in [9.17, 15) is 14.4 Å². The average Bonchev–Trinajstić information content (AvgIpc) is 3.23. The molecule has 3 aliphatic heterocycles. The van der Waals surface area contributed by atoms with Gasteiger partial charge in [0.2, 0.25) is 5.91 Å². The Morgan fingerprint density at radius 3 is 2.43 bits per heavy atom. The van der Waals surface area contributed by atoms with Gasteiger partial charge in [-0.1, -0.05) is 60.1 Å². The normalized spacial score (nSPS) is 21.2. The SMILES string of the molecule is CN1C(=O)N[C@@H](c2ccccc2Cl)C2=C1CN([C@@H](Cc1ccccc1)C(=O)N1CCCCC1)C2=O. The molecular weight excluding hydrogens is 464 g/mol. The van der Waals surface area contributed by atoms with Gasteiger partial charge < -0.3 is 15.1 Å². The van der Waals surface area contributed by atoms with Gasteiger partial charge in [0.15, 0.2) is 0 Å². The van der Waals surface area contributed by atoms with Crippen molar-refractivity contribution in [3.05, 3.63) is 82.0 Å². The summed E-state index contributed by atoms with van der Waals surface area (Å²) in [7, 11) is 1.66. The van der Waals surface area contributed by atoms with E-state index in [2.05, 4.69) is 5.32 Å². The maximum Gasteiger partial charge on any atom is 0.322 e. The zero-order valence-corrected chi connectivity index (χ0v) is 20.5. The van der Waals surface area contributed by atoms with Gasteiger partial charge in [-0.15, -0.1) is 0 Å². The van der Waals surface area contributed by atoms with Crippen LogP contribution in [0.1, 0.15) is 36.4 Å². The number of amides is 4. The lowest BCUT2D eigenvalue weighted by atomic mass is 9.95. The van der Waals surface area contributed by atoms with Gasteiger partial charge in [0.05, 0.1) is 23.9 Å². The second-order valence-electron chi connectivity index (χ2n) is 9.35. The second kappa shape index (κ2) is 9.74. The topological polar surface area (TPSA) is 73.0 Å². The Morgan fingerprint density at radius 2 is 1.71 bits per heavy atom. The Hall–Kier alpha value is -3.32. The van der Waals surface area contributed by atoms with Gasteiger partial charge in [-0.2, -0.15) is 0 Å². The monoisotopic (exact) mass is 492 g/mol. The fourth-order valence-corrected chi connectivity index (χ4v) is 5.52. The highest BCUT2D eigenvalue weighted by molar-refractivity contribution is 6.31. The molecule has 8 heteroatoms. The first kappa shape index (κ1) is 23.4. The molecule has 0 aromatic heterocycles. The lowest BCUT2D eigenvalue weighted by molar-refractivity contribution is -0.143. The van der Waals surface area contributed by atoms with Crippen LogP contribution in [0.5, 0.6) is 0 Å². The van der Waals surface area contributed by atoms with Crippen LogP contribution in [0, 0.1) is 0 Å². The lowest BCUT2D eigenvalue weighted by Crippen LogP contribution is -2.52. The summed E-state index contributed by atoms with van der Waals surface area (Å²) < 4.78 is 0. The van der Waals surface area contributed by atoms with Crippen molar-refractivity contribution in [3.8, 4) is 0 Å². The number of nitrogens with one attached hydrogen (secondary N) is 1. The van der Waals surface area contributed by atoms with Gasteiger partial charge in [0, 0.05) is 31.6 Å². The standard InChI is InChI=1S/C27H29ClN4O3/c1-30-22-17-32(26(34)23(22)24(29-27(30)35)19-12-6-7-13-20(19)28)21(16-18-10-4-2-5-11-18)25(33)31-14-8-3-9-15-31/h2,4-7,10-13,21,24H,3,8-9,14-17H2,1H3,(H,29,35)/t21-,24-/m0/s1. The minimum absolute atomic E-state index is 0.0296. The van der Waals surface area contributed by atoms with Crippen LogP contribution >= 0.6 is 11.6 Å². The van der Waals surface area contributed by atoms with E-state index in [1.165, 1.54) is 4.90 Å². The van der Waals surface area contributed by atoms with Gasteiger partial charge in [-0.3, -0.25) is 14.5 Å². The van der Waals surface area contributed by atoms with E-state index in [-0.39, 0.29) is 24.4 Å². The summed E-state index contributed by atoms with van der Waals surface area (Å²) >= 11 is 6.46. The van der Waals surface area contributed by atoms with E-state index in [0.29, 0.717) is 41.4 Å². The minimum Gasteiger partial charge on any atom is -0.341 e. The van der Waals surface area contributed by atoms with Crippen LogP contribution in [0.3, 0.4) is 0 Å². The molecule has 7 nitrogen and oxygen atoms in total. The quantitative estimate of drug-likeness (QED) is 0.690. The third-order valence-electron chi connectivity index (χ3n) is 7.21. The third kappa shape index (κ3) is 4.41. The third-order valence-corrected chi connectivity index (χ3v) is 7.55. The molecule has 182 valence electrons. The first-order valence-corrected chi connectivity index (χ1v) is 12.5. The predicted molar refractivity (Wildman–Crippen MR) is 134 cm³/mol. The molecule has 1 saturated heterocycles. The van der Waals surface area contributed by atoms with Crippen molar-refractivity contribution in [1.29, 1.82) is 0 Å². The average molecular weight is 493 g/mol. The summed E-state index contributed by atoms with van der Waals surface area (Å²) in [6, 6.07) is 15.4. The molecular formula is C27H29ClN4O3. The molecule has 5 rings (SSSR count). The van der Waals surface area contributed by atoms with Crippen molar-refractivity contribution >= 4 is 29.4 Å². The molecule has 3 heterocycles. The van der Waals surface area contributed by atoms with Crippen LogP contribution in [0.4, 0.5) is 4.79 Å². The number of rotatable bonds is 5. The molecule has 0 saturated carbocycles. The van der Waals surface area contributed by atoms with E-state index in [0.717, 1.165) is 24.8 Å². The maximum atomic E-state index is 14.0. The Balaban J connectivity index is 1.51. The Kier molecular flexibility index (Phi) is 6.52. The second-order valence-corrected chi connectivity index (χ2v) is 9.76. The highest BCUT2D eigenvalue weighted by Gasteiger charge is 2.47. The number of hydrogen-bond acceptors (Lipinski definition) is 3. The summed E-state index contributed by atoms with van der Waals surface area (Å²) in [4.78, 5) is 45.6. The highest BCUT2D eigenvalue weighted by Crippen LogP contribution is 2.39. The number of likely N-dealkylation sites (N-methyl/N-ethyl adjacent to an activating group) is 1. The van der Waals surface area contributed by atoms with Gasteiger partial charge in [0.25, 0.3) is 5.91 Å². The summed E-state index contributed by atoms with van der Waals surface area (Å²) in [5.74, 6) is -0.263. The van der Waals surface area contributed by atoms with Crippen molar-refractivity contribution in [2.75, 3.05) is 26.7 Å². The van der Waals surface area contributed by atoms with Crippen LogP contribution in [0.15, 0.2) is 65.9 Å². The molecule has 0 bridgehead atoms. The van der Waals surface area contributed by atoms with E-state index in [1.54, 1.807) is 18.0 Å². The van der Waals surface area contributed by atoms with Crippen LogP contribution in [-0.2, 0) is 16.0 Å². The molecule has 1 fully saturated rings. The van der Waals surface area contributed by atoms with Crippen molar-refractivity contribution < 1.29 is 14.4 Å². The highest BCUT2D eigenvalue weighted by atomic mass is 35.5. The minimum atomic E-state index is -0.664. The van der Waals surface area contributed by atoms with E-state index < -0.39 is 12.1 Å². The van der Waals surface area contributed by atoms with Crippen LogP contribution in [0.25, 0.3) is 0 Å². The lowest BCUT2D eigenvalue weighted by Gasteiger charge is -2.35. The van der Waals surface area contributed by atoms with Crippen LogP contribution < -0.4 is 5.32 Å². The number of halogens is 1. The summed E-state index contributed by atoms with van der Waals surface area (Å²) in [6.45, 7) is 1.62. The first-order chi connectivity index (χ1) is 17.0. The predicted octanol–water partition coefficient (Wildman–Crippen LogP) is 3.76. The van der Waals surface area contributed by atoms with Crippen molar-refractivity contribution in [3.63, 3.8) is 0 Å². The molecule has 35 heavy (non-hydrogen) atoms. The number of hydrogen-bond donors (Lipinski definition) is 1. The molecule has 3 aliphatic rings. The number of piperidine rings is 1. The Labute approximate surface area is 210 Å². The van der Waals surface area contributed by atoms with Gasteiger partial charge in [-0.05, 0) is 36.5 Å². The molecule has 2 atom stereocenters. The summed E-state index contributed by atoms with van der Waals surface area (Å²) in [5.41, 5.74) is 2.75. The molecule has 2 aromatic rings. The van der Waals surface area contributed by atoms with Crippen LogP contribution in [-0.4, -0.2) is 65.3 Å². The smallest absolute Gasteiger partial charge is 0.322 e. The zero-order chi connectivity index (χ0) is 24.5. The summed E-state index contributed by atoms with van der Waals surface area (Å²) in [6.07, 6.45) is 3.48. The number of nitrogens with zero attached hydrogens (tertiary/aromatic N) is 3. The van der Waals surface area contributed by atoms with Crippen LogP contribution in [0.2, 0.25) is 5.02 Å². The van der Waals surface area contributed by atoms with E-state index in [1.807, 2.05) is 53.4 Å². The zero-order valence-electron chi connectivity index (χ0n) is 19.7. The number of carbonyl (C=O) groups excluding carboxylic acids is 3. The van der Waals surface area contributed by atoms with Crippen molar-refractivity contribution in [2.45, 2.75) is 37.8 Å². The Bertz CT molecular complexity index is 1180.